The van der Waals surface area contributed by atoms with Crippen molar-refractivity contribution in [2.45, 2.75) is 55.0 Å². The molecule has 0 radical (unpaired) electrons. The number of aliphatic hydroxyl groups is 2. The normalized spacial score (nSPS) is 35.6. The van der Waals surface area contributed by atoms with E-state index in [1.54, 1.807) is 13.8 Å². The number of amides is 2. The summed E-state index contributed by atoms with van der Waals surface area (Å²) in [6.45, 7) is 3.77. The molecule has 3 N–H and O–H groups in total. The molecule has 9 heteroatoms. The van der Waals surface area contributed by atoms with E-state index in [4.69, 9.17) is 0 Å². The van der Waals surface area contributed by atoms with E-state index >= 15 is 0 Å². The fraction of sp³-hybridized carbons (Fsp3) is 0.800. The Balaban J connectivity index is 1.76. The Morgan fingerprint density at radius 1 is 1.42 bits per heavy atom. The van der Waals surface area contributed by atoms with Crippen LogP contribution < -0.4 is 0 Å². The van der Waals surface area contributed by atoms with Gasteiger partial charge in [0.2, 0.25) is 5.91 Å². The third-order valence-corrected chi connectivity index (χ3v) is 6.77. The molecule has 0 bridgehead atoms. The van der Waals surface area contributed by atoms with Crippen LogP contribution in [0.4, 0.5) is 0 Å². The Hall–Kier alpha value is -1.32. The van der Waals surface area contributed by atoms with Crippen LogP contribution in [-0.2, 0) is 14.4 Å². The van der Waals surface area contributed by atoms with Crippen molar-refractivity contribution in [2.75, 3.05) is 13.2 Å². The Morgan fingerprint density at radius 3 is 2.67 bits per heavy atom. The first kappa shape index (κ1) is 17.5. The zero-order valence-electron chi connectivity index (χ0n) is 13.6. The molecule has 134 valence electrons. The highest BCUT2D eigenvalue weighted by molar-refractivity contribution is 8.01. The van der Waals surface area contributed by atoms with Gasteiger partial charge in [-0.05, 0) is 26.7 Å². The van der Waals surface area contributed by atoms with Crippen LogP contribution in [0.15, 0.2) is 0 Å². The van der Waals surface area contributed by atoms with Crippen LogP contribution in [0, 0.1) is 5.92 Å². The molecule has 24 heavy (non-hydrogen) atoms. The maximum absolute atomic E-state index is 12.5. The SMILES string of the molecule is CC1(C)S[C@@H]2[C@H]([C@H](O)C(=O)N3CCCC3CO)C(=O)N2[C@H]1C(=O)O. The van der Waals surface area contributed by atoms with Crippen molar-refractivity contribution >= 4 is 29.5 Å². The van der Waals surface area contributed by atoms with Crippen LogP contribution in [0.2, 0.25) is 0 Å². The number of hydrogen-bond acceptors (Lipinski definition) is 6. The zero-order chi connectivity index (χ0) is 17.8. The molecular formula is C15H22N2O6S. The van der Waals surface area contributed by atoms with Gasteiger partial charge in [0.25, 0.3) is 5.91 Å². The van der Waals surface area contributed by atoms with Crippen molar-refractivity contribution in [1.29, 1.82) is 0 Å². The number of carboxylic acids is 1. The Bertz CT molecular complexity index is 582. The van der Waals surface area contributed by atoms with E-state index in [1.807, 2.05) is 0 Å². The molecule has 1 unspecified atom stereocenters. The summed E-state index contributed by atoms with van der Waals surface area (Å²) in [7, 11) is 0. The van der Waals surface area contributed by atoms with E-state index in [1.165, 1.54) is 21.6 Å². The molecule has 0 spiro atoms. The highest BCUT2D eigenvalue weighted by Crippen LogP contribution is 2.54. The van der Waals surface area contributed by atoms with Crippen LogP contribution in [-0.4, -0.2) is 84.4 Å². The summed E-state index contributed by atoms with van der Waals surface area (Å²) in [5, 5.41) is 28.6. The predicted octanol–water partition coefficient (Wildman–Crippen LogP) is -0.906. The lowest BCUT2D eigenvalue weighted by Crippen LogP contribution is -2.67. The summed E-state index contributed by atoms with van der Waals surface area (Å²) < 4.78 is -0.690. The molecule has 8 nitrogen and oxygen atoms in total. The number of thioether (sulfide) groups is 1. The minimum absolute atomic E-state index is 0.171. The molecule has 3 saturated heterocycles. The van der Waals surface area contributed by atoms with E-state index in [2.05, 4.69) is 0 Å². The summed E-state index contributed by atoms with van der Waals surface area (Å²) in [6.07, 6.45) is -0.0751. The minimum Gasteiger partial charge on any atom is -0.480 e. The highest BCUT2D eigenvalue weighted by atomic mass is 32.2. The maximum Gasteiger partial charge on any atom is 0.327 e. The number of carboxylic acid groups (broad SMARTS) is 1. The first-order valence-electron chi connectivity index (χ1n) is 8.03. The minimum atomic E-state index is -1.50. The van der Waals surface area contributed by atoms with Crippen LogP contribution >= 0.6 is 11.8 Å². The van der Waals surface area contributed by atoms with Gasteiger partial charge in [-0.3, -0.25) is 9.59 Å². The second kappa shape index (κ2) is 5.89. The largest absolute Gasteiger partial charge is 0.480 e. The van der Waals surface area contributed by atoms with Crippen LogP contribution in [0.5, 0.6) is 0 Å². The molecule has 3 aliphatic rings. The monoisotopic (exact) mass is 358 g/mol. The van der Waals surface area contributed by atoms with Crippen molar-refractivity contribution in [3.8, 4) is 0 Å². The molecule has 3 rings (SSSR count). The average Bonchev–Trinajstić information content (AvgIpc) is 3.06. The maximum atomic E-state index is 12.5. The lowest BCUT2D eigenvalue weighted by atomic mass is 9.87. The number of aliphatic hydroxyl groups excluding tert-OH is 2. The number of β-lactam (4-membered cyclic amide) rings is 1. The van der Waals surface area contributed by atoms with Gasteiger partial charge in [0.05, 0.1) is 18.0 Å². The summed E-state index contributed by atoms with van der Waals surface area (Å²) in [5.41, 5.74) is 0. The molecule has 0 aliphatic carbocycles. The molecule has 3 heterocycles. The number of aliphatic carboxylic acids is 1. The zero-order valence-corrected chi connectivity index (χ0v) is 14.4. The van der Waals surface area contributed by atoms with Gasteiger partial charge in [0.15, 0.2) is 0 Å². The Labute approximate surface area is 143 Å². The van der Waals surface area contributed by atoms with Crippen molar-refractivity contribution in [3.05, 3.63) is 0 Å². The van der Waals surface area contributed by atoms with Gasteiger partial charge in [-0.2, -0.15) is 0 Å². The molecule has 0 saturated carbocycles. The van der Waals surface area contributed by atoms with Gasteiger partial charge in [0.1, 0.15) is 18.1 Å². The standard InChI is InChI=1S/C15H22N2O6S/c1-15(2)10(14(22)23)17-11(20)8(13(17)24-15)9(19)12(21)16-5-3-4-7(16)6-18/h7-10,13,18-19H,3-6H2,1-2H3,(H,22,23)/t7?,8-,9+,10+,13-/m1/s1. The number of hydrogen-bond donors (Lipinski definition) is 3. The second-order valence-corrected chi connectivity index (χ2v) is 8.85. The summed E-state index contributed by atoms with van der Waals surface area (Å²) in [6, 6.07) is -1.28. The molecular weight excluding hydrogens is 336 g/mol. The van der Waals surface area contributed by atoms with Crippen LogP contribution in [0.3, 0.4) is 0 Å². The van der Waals surface area contributed by atoms with Gasteiger partial charge in [0, 0.05) is 11.3 Å². The average molecular weight is 358 g/mol. The van der Waals surface area contributed by atoms with E-state index in [0.29, 0.717) is 13.0 Å². The highest BCUT2D eigenvalue weighted by Gasteiger charge is 2.66. The van der Waals surface area contributed by atoms with Gasteiger partial charge >= 0.3 is 5.97 Å². The van der Waals surface area contributed by atoms with Crippen molar-refractivity contribution < 1.29 is 29.7 Å². The molecule has 0 aromatic carbocycles. The summed E-state index contributed by atoms with van der Waals surface area (Å²) in [5.74, 6) is -3.05. The first-order valence-corrected chi connectivity index (χ1v) is 8.91. The third-order valence-electron chi connectivity index (χ3n) is 5.18. The van der Waals surface area contributed by atoms with Crippen molar-refractivity contribution in [2.24, 2.45) is 5.92 Å². The molecule has 3 fully saturated rings. The fourth-order valence-corrected chi connectivity index (χ4v) is 5.69. The third kappa shape index (κ3) is 2.41. The molecule has 0 aromatic heterocycles. The second-order valence-electron chi connectivity index (χ2n) is 7.08. The van der Waals surface area contributed by atoms with Gasteiger partial charge in [-0.15, -0.1) is 11.8 Å². The summed E-state index contributed by atoms with van der Waals surface area (Å²) >= 11 is 1.30. The molecule has 2 amide bonds. The van der Waals surface area contributed by atoms with Crippen LogP contribution in [0.1, 0.15) is 26.7 Å². The van der Waals surface area contributed by atoms with E-state index in [-0.39, 0.29) is 12.6 Å². The lowest BCUT2D eigenvalue weighted by molar-refractivity contribution is -0.173. The van der Waals surface area contributed by atoms with Gasteiger partial charge in [-0.1, -0.05) is 0 Å². The fourth-order valence-electron chi connectivity index (χ4n) is 3.97. The number of fused-ring (bicyclic) bond motifs is 1. The van der Waals surface area contributed by atoms with E-state index in [9.17, 15) is 29.7 Å². The Morgan fingerprint density at radius 2 is 2.08 bits per heavy atom. The Kier molecular flexibility index (Phi) is 4.29. The van der Waals surface area contributed by atoms with Gasteiger partial charge in [-0.25, -0.2) is 4.79 Å². The first-order chi connectivity index (χ1) is 11.2. The van der Waals surface area contributed by atoms with E-state index < -0.39 is 46.0 Å². The lowest BCUT2D eigenvalue weighted by Gasteiger charge is -2.45. The van der Waals surface area contributed by atoms with Crippen molar-refractivity contribution in [3.63, 3.8) is 0 Å². The topological polar surface area (TPSA) is 118 Å². The number of rotatable bonds is 4. The quantitative estimate of drug-likeness (QED) is 0.557. The summed E-state index contributed by atoms with van der Waals surface area (Å²) in [4.78, 5) is 39.1. The number of nitrogens with zero attached hydrogens (tertiary/aromatic N) is 2. The number of carbonyl (C=O) groups is 3. The van der Waals surface area contributed by atoms with E-state index in [0.717, 1.165) is 6.42 Å². The number of likely N-dealkylation sites (tertiary alicyclic amines) is 1. The molecule has 3 aliphatic heterocycles. The predicted molar refractivity (Wildman–Crippen MR) is 85.0 cm³/mol. The number of carbonyl (C=O) groups excluding carboxylic acids is 2. The smallest absolute Gasteiger partial charge is 0.327 e. The van der Waals surface area contributed by atoms with Crippen molar-refractivity contribution in [1.82, 2.24) is 9.80 Å². The molecule has 5 atom stereocenters. The van der Waals surface area contributed by atoms with Crippen LogP contribution in [0.25, 0.3) is 0 Å². The molecule has 0 aromatic rings. The van der Waals surface area contributed by atoms with Gasteiger partial charge < -0.3 is 25.1 Å².